The standard InChI is InChI=1S/C10H22N2O/c1-12(2)7-4-8-13-10-6-3-5-9(10)11/h9-10H,3-8,11H2,1-2H3. The third-order valence-corrected chi connectivity index (χ3v) is 2.59. The predicted molar refractivity (Wildman–Crippen MR) is 54.7 cm³/mol. The molecule has 2 unspecified atom stereocenters. The summed E-state index contributed by atoms with van der Waals surface area (Å²) in [5.41, 5.74) is 5.89. The molecule has 0 radical (unpaired) electrons. The van der Waals surface area contributed by atoms with Gasteiger partial charge in [0.15, 0.2) is 0 Å². The molecule has 0 aliphatic heterocycles. The van der Waals surface area contributed by atoms with Crippen LogP contribution in [-0.2, 0) is 4.74 Å². The minimum atomic E-state index is 0.291. The van der Waals surface area contributed by atoms with Crippen molar-refractivity contribution >= 4 is 0 Å². The lowest BCUT2D eigenvalue weighted by molar-refractivity contribution is 0.0439. The van der Waals surface area contributed by atoms with Crippen molar-refractivity contribution in [2.75, 3.05) is 27.2 Å². The molecule has 3 heteroatoms. The summed E-state index contributed by atoms with van der Waals surface area (Å²) >= 11 is 0. The summed E-state index contributed by atoms with van der Waals surface area (Å²) in [5, 5.41) is 0. The Hall–Kier alpha value is -0.120. The maximum absolute atomic E-state index is 5.89. The molecule has 1 aliphatic carbocycles. The Kier molecular flexibility index (Phi) is 4.70. The first-order valence-corrected chi connectivity index (χ1v) is 5.22. The van der Waals surface area contributed by atoms with Crippen LogP contribution in [0.2, 0.25) is 0 Å². The van der Waals surface area contributed by atoms with E-state index in [9.17, 15) is 0 Å². The van der Waals surface area contributed by atoms with Crippen LogP contribution >= 0.6 is 0 Å². The highest BCUT2D eigenvalue weighted by Crippen LogP contribution is 2.20. The second-order valence-electron chi connectivity index (χ2n) is 4.16. The lowest BCUT2D eigenvalue weighted by atomic mass is 10.2. The number of nitrogens with two attached hydrogens (primary N) is 1. The highest BCUT2D eigenvalue weighted by atomic mass is 16.5. The van der Waals surface area contributed by atoms with Crippen LogP contribution < -0.4 is 5.73 Å². The third kappa shape index (κ3) is 4.07. The lowest BCUT2D eigenvalue weighted by Gasteiger charge is -2.17. The first-order valence-electron chi connectivity index (χ1n) is 5.22. The van der Waals surface area contributed by atoms with Crippen molar-refractivity contribution in [3.8, 4) is 0 Å². The SMILES string of the molecule is CN(C)CCCOC1CCCC1N. The zero-order chi connectivity index (χ0) is 9.68. The van der Waals surface area contributed by atoms with E-state index in [4.69, 9.17) is 10.5 Å². The van der Waals surface area contributed by atoms with Gasteiger partial charge in [0.05, 0.1) is 6.10 Å². The highest BCUT2D eigenvalue weighted by Gasteiger charge is 2.23. The summed E-state index contributed by atoms with van der Waals surface area (Å²) in [7, 11) is 4.17. The number of ether oxygens (including phenoxy) is 1. The average Bonchev–Trinajstić information content (AvgIpc) is 2.45. The molecule has 0 saturated heterocycles. The second kappa shape index (κ2) is 5.58. The van der Waals surface area contributed by atoms with Crippen molar-refractivity contribution in [3.05, 3.63) is 0 Å². The van der Waals surface area contributed by atoms with E-state index in [1.165, 1.54) is 6.42 Å². The molecule has 0 spiro atoms. The smallest absolute Gasteiger partial charge is 0.0725 e. The minimum Gasteiger partial charge on any atom is -0.377 e. The van der Waals surface area contributed by atoms with Gasteiger partial charge >= 0.3 is 0 Å². The molecule has 1 aliphatic rings. The van der Waals surface area contributed by atoms with E-state index >= 15 is 0 Å². The summed E-state index contributed by atoms with van der Waals surface area (Å²) in [5.74, 6) is 0. The van der Waals surface area contributed by atoms with Crippen LogP contribution in [0, 0.1) is 0 Å². The maximum atomic E-state index is 5.89. The molecule has 0 amide bonds. The number of hydrogen-bond acceptors (Lipinski definition) is 3. The summed E-state index contributed by atoms with van der Waals surface area (Å²) < 4.78 is 5.71. The Morgan fingerprint density at radius 1 is 1.38 bits per heavy atom. The van der Waals surface area contributed by atoms with Gasteiger partial charge in [-0.2, -0.15) is 0 Å². The quantitative estimate of drug-likeness (QED) is 0.646. The fourth-order valence-corrected chi connectivity index (χ4v) is 1.78. The first kappa shape index (κ1) is 11.0. The molecule has 0 heterocycles. The van der Waals surface area contributed by atoms with Gasteiger partial charge in [0.2, 0.25) is 0 Å². The van der Waals surface area contributed by atoms with Gasteiger partial charge in [0.1, 0.15) is 0 Å². The molecule has 1 saturated carbocycles. The normalized spacial score (nSPS) is 28.6. The van der Waals surface area contributed by atoms with Gasteiger partial charge in [-0.3, -0.25) is 0 Å². The summed E-state index contributed by atoms with van der Waals surface area (Å²) in [6.07, 6.45) is 4.97. The number of nitrogens with zero attached hydrogens (tertiary/aromatic N) is 1. The van der Waals surface area contributed by atoms with Crippen LogP contribution in [-0.4, -0.2) is 44.3 Å². The van der Waals surface area contributed by atoms with E-state index in [1.54, 1.807) is 0 Å². The van der Waals surface area contributed by atoms with Crippen molar-refractivity contribution in [2.45, 2.75) is 37.8 Å². The van der Waals surface area contributed by atoms with Gasteiger partial charge in [0.25, 0.3) is 0 Å². The molecule has 2 N–H and O–H groups in total. The van der Waals surface area contributed by atoms with Crippen LogP contribution in [0.5, 0.6) is 0 Å². The predicted octanol–water partition coefficient (Wildman–Crippen LogP) is 0.835. The summed E-state index contributed by atoms with van der Waals surface area (Å²) in [6.45, 7) is 1.96. The van der Waals surface area contributed by atoms with E-state index in [2.05, 4.69) is 19.0 Å². The van der Waals surface area contributed by atoms with Crippen LogP contribution in [0.3, 0.4) is 0 Å². The highest BCUT2D eigenvalue weighted by molar-refractivity contribution is 4.80. The van der Waals surface area contributed by atoms with Gasteiger partial charge in [-0.05, 0) is 46.3 Å². The van der Waals surface area contributed by atoms with Gasteiger partial charge < -0.3 is 15.4 Å². The molecular formula is C10H22N2O. The largest absolute Gasteiger partial charge is 0.377 e. The maximum Gasteiger partial charge on any atom is 0.0725 e. The topological polar surface area (TPSA) is 38.5 Å². The van der Waals surface area contributed by atoms with E-state index in [1.807, 2.05) is 0 Å². The molecule has 0 aromatic heterocycles. The number of rotatable bonds is 5. The van der Waals surface area contributed by atoms with Gasteiger partial charge in [-0.15, -0.1) is 0 Å². The molecule has 1 fully saturated rings. The fraction of sp³-hybridized carbons (Fsp3) is 1.00. The zero-order valence-electron chi connectivity index (χ0n) is 8.83. The fourth-order valence-electron chi connectivity index (χ4n) is 1.78. The van der Waals surface area contributed by atoms with Crippen LogP contribution in [0.4, 0.5) is 0 Å². The van der Waals surface area contributed by atoms with Crippen LogP contribution in [0.15, 0.2) is 0 Å². The number of hydrogen-bond donors (Lipinski definition) is 1. The lowest BCUT2D eigenvalue weighted by Crippen LogP contribution is -2.32. The second-order valence-corrected chi connectivity index (χ2v) is 4.16. The van der Waals surface area contributed by atoms with Gasteiger partial charge in [-0.1, -0.05) is 0 Å². The molecule has 0 bridgehead atoms. The monoisotopic (exact) mass is 186 g/mol. The van der Waals surface area contributed by atoms with E-state index < -0.39 is 0 Å². The van der Waals surface area contributed by atoms with Crippen molar-refractivity contribution in [3.63, 3.8) is 0 Å². The molecule has 1 rings (SSSR count). The average molecular weight is 186 g/mol. The first-order chi connectivity index (χ1) is 6.20. The van der Waals surface area contributed by atoms with Gasteiger partial charge in [0, 0.05) is 12.6 Å². The van der Waals surface area contributed by atoms with Crippen molar-refractivity contribution < 1.29 is 4.74 Å². The third-order valence-electron chi connectivity index (χ3n) is 2.59. The van der Waals surface area contributed by atoms with Crippen LogP contribution in [0.1, 0.15) is 25.7 Å². The molecule has 0 aromatic rings. The van der Waals surface area contributed by atoms with Crippen molar-refractivity contribution in [1.29, 1.82) is 0 Å². The Bertz CT molecular complexity index is 139. The van der Waals surface area contributed by atoms with Crippen LogP contribution in [0.25, 0.3) is 0 Å². The molecule has 2 atom stereocenters. The molecule has 3 nitrogen and oxygen atoms in total. The summed E-state index contributed by atoms with van der Waals surface area (Å²) in [6, 6.07) is 0.291. The Balaban J connectivity index is 1.99. The van der Waals surface area contributed by atoms with Crippen molar-refractivity contribution in [1.82, 2.24) is 4.90 Å². The van der Waals surface area contributed by atoms with E-state index in [0.29, 0.717) is 12.1 Å². The molecule has 78 valence electrons. The Labute approximate surface area is 81.2 Å². The summed E-state index contributed by atoms with van der Waals surface area (Å²) in [4.78, 5) is 2.18. The van der Waals surface area contributed by atoms with E-state index in [0.717, 1.165) is 32.4 Å². The minimum absolute atomic E-state index is 0.291. The van der Waals surface area contributed by atoms with Crippen molar-refractivity contribution in [2.24, 2.45) is 5.73 Å². The molecule has 13 heavy (non-hydrogen) atoms. The zero-order valence-corrected chi connectivity index (χ0v) is 8.83. The molecule has 0 aromatic carbocycles. The Morgan fingerprint density at radius 2 is 2.15 bits per heavy atom. The molecular weight excluding hydrogens is 164 g/mol. The van der Waals surface area contributed by atoms with Gasteiger partial charge in [-0.25, -0.2) is 0 Å². The van der Waals surface area contributed by atoms with E-state index in [-0.39, 0.29) is 0 Å². The Morgan fingerprint density at radius 3 is 2.69 bits per heavy atom.